The van der Waals surface area contributed by atoms with Gasteiger partial charge in [-0.2, -0.15) is 0 Å². The normalized spacial score (nSPS) is 22.3. The Morgan fingerprint density at radius 2 is 1.82 bits per heavy atom. The van der Waals surface area contributed by atoms with E-state index < -0.39 is 27.7 Å². The Morgan fingerprint density at radius 3 is 2.36 bits per heavy atom. The van der Waals surface area contributed by atoms with Gasteiger partial charge in [-0.3, -0.25) is 9.59 Å². The van der Waals surface area contributed by atoms with E-state index in [-0.39, 0.29) is 19.0 Å². The molecule has 8 heteroatoms. The van der Waals surface area contributed by atoms with Crippen molar-refractivity contribution in [1.29, 1.82) is 0 Å². The van der Waals surface area contributed by atoms with Crippen LogP contribution in [0.25, 0.3) is 0 Å². The summed E-state index contributed by atoms with van der Waals surface area (Å²) in [7, 11) is -2.15. The first-order valence-corrected chi connectivity index (χ1v) is 9.30. The van der Waals surface area contributed by atoms with Crippen LogP contribution in [0.4, 0.5) is 0 Å². The molecule has 0 heterocycles. The molecule has 1 rings (SSSR count). The van der Waals surface area contributed by atoms with E-state index in [2.05, 4.69) is 11.6 Å². The smallest absolute Gasteiger partial charge is 0.303 e. The summed E-state index contributed by atoms with van der Waals surface area (Å²) in [6, 6.07) is -0.0775. The zero-order valence-corrected chi connectivity index (χ0v) is 14.1. The molecule has 0 saturated heterocycles. The highest BCUT2D eigenvalue weighted by atomic mass is 32.2. The SMILES string of the molecule is CC1CCC(NS(=O)(=O)CC(=O)N(C)CCCC(=O)O)CC1. The predicted octanol–water partition coefficient (Wildman–Crippen LogP) is 0.808. The molecule has 0 atom stereocenters. The Kier molecular flexibility index (Phi) is 7.28. The topological polar surface area (TPSA) is 104 Å². The van der Waals surface area contributed by atoms with Gasteiger partial charge < -0.3 is 10.0 Å². The van der Waals surface area contributed by atoms with E-state index in [0.29, 0.717) is 12.3 Å². The van der Waals surface area contributed by atoms with Crippen molar-refractivity contribution in [3.8, 4) is 0 Å². The second-order valence-electron chi connectivity index (χ2n) is 6.15. The fourth-order valence-corrected chi connectivity index (χ4v) is 3.91. The molecule has 1 aliphatic carbocycles. The van der Waals surface area contributed by atoms with Gasteiger partial charge >= 0.3 is 5.97 Å². The summed E-state index contributed by atoms with van der Waals surface area (Å²) in [5.41, 5.74) is 0. The number of nitrogens with zero attached hydrogens (tertiary/aromatic N) is 1. The molecule has 7 nitrogen and oxygen atoms in total. The summed E-state index contributed by atoms with van der Waals surface area (Å²) in [5, 5.41) is 8.54. The van der Waals surface area contributed by atoms with E-state index in [0.717, 1.165) is 25.7 Å². The lowest BCUT2D eigenvalue weighted by atomic mass is 9.88. The first-order chi connectivity index (χ1) is 10.2. The van der Waals surface area contributed by atoms with Crippen LogP contribution in [0, 0.1) is 5.92 Å². The average molecular weight is 334 g/mol. The number of rotatable bonds is 8. The first kappa shape index (κ1) is 18.9. The molecule has 128 valence electrons. The maximum absolute atomic E-state index is 12.0. The third-order valence-electron chi connectivity index (χ3n) is 3.99. The van der Waals surface area contributed by atoms with Gasteiger partial charge in [0, 0.05) is 26.1 Å². The van der Waals surface area contributed by atoms with E-state index in [1.165, 1.54) is 11.9 Å². The van der Waals surface area contributed by atoms with E-state index >= 15 is 0 Å². The minimum Gasteiger partial charge on any atom is -0.481 e. The van der Waals surface area contributed by atoms with Crippen molar-refractivity contribution in [2.75, 3.05) is 19.3 Å². The molecule has 1 aliphatic rings. The maximum Gasteiger partial charge on any atom is 0.303 e. The maximum atomic E-state index is 12.0. The van der Waals surface area contributed by atoms with Gasteiger partial charge in [-0.05, 0) is 38.0 Å². The van der Waals surface area contributed by atoms with Crippen molar-refractivity contribution in [2.45, 2.75) is 51.5 Å². The van der Waals surface area contributed by atoms with E-state index in [1.54, 1.807) is 0 Å². The largest absolute Gasteiger partial charge is 0.481 e. The van der Waals surface area contributed by atoms with Crippen molar-refractivity contribution in [3.63, 3.8) is 0 Å². The van der Waals surface area contributed by atoms with Crippen molar-refractivity contribution < 1.29 is 23.1 Å². The number of aliphatic carboxylic acids is 1. The standard InChI is InChI=1S/C14H26N2O5S/c1-11-5-7-12(8-6-11)15-22(20,21)10-13(17)16(2)9-3-4-14(18)19/h11-12,15H,3-10H2,1-2H3,(H,18,19). The summed E-state index contributed by atoms with van der Waals surface area (Å²) < 4.78 is 26.7. The minimum absolute atomic E-state index is 0.0388. The Bertz CT molecular complexity index is 483. The lowest BCUT2D eigenvalue weighted by molar-refractivity contribution is -0.137. The number of hydrogen-bond acceptors (Lipinski definition) is 4. The fraction of sp³-hybridized carbons (Fsp3) is 0.857. The van der Waals surface area contributed by atoms with Crippen LogP contribution in [0.5, 0.6) is 0 Å². The Balaban J connectivity index is 2.39. The van der Waals surface area contributed by atoms with Crippen LogP contribution in [-0.2, 0) is 19.6 Å². The summed E-state index contributed by atoms with van der Waals surface area (Å²) in [6.45, 7) is 2.39. The van der Waals surface area contributed by atoms with Gasteiger partial charge in [-0.25, -0.2) is 13.1 Å². The van der Waals surface area contributed by atoms with Crippen LogP contribution in [0.15, 0.2) is 0 Å². The lowest BCUT2D eigenvalue weighted by Gasteiger charge is -2.27. The number of carbonyl (C=O) groups excluding carboxylic acids is 1. The third kappa shape index (κ3) is 7.22. The minimum atomic E-state index is -3.64. The Hall–Kier alpha value is -1.15. The van der Waals surface area contributed by atoms with Gasteiger partial charge in [0.1, 0.15) is 5.75 Å². The van der Waals surface area contributed by atoms with Crippen LogP contribution in [0.2, 0.25) is 0 Å². The summed E-state index contributed by atoms with van der Waals surface area (Å²) in [5.74, 6) is -1.39. The van der Waals surface area contributed by atoms with Gasteiger partial charge in [-0.15, -0.1) is 0 Å². The highest BCUT2D eigenvalue weighted by molar-refractivity contribution is 7.90. The number of hydrogen-bond donors (Lipinski definition) is 2. The highest BCUT2D eigenvalue weighted by Gasteiger charge is 2.25. The second kappa shape index (κ2) is 8.47. The monoisotopic (exact) mass is 334 g/mol. The van der Waals surface area contributed by atoms with E-state index in [9.17, 15) is 18.0 Å². The molecule has 0 unspecified atom stereocenters. The number of nitrogens with one attached hydrogen (secondary N) is 1. The van der Waals surface area contributed by atoms with Crippen molar-refractivity contribution in [3.05, 3.63) is 0 Å². The van der Waals surface area contributed by atoms with Crippen molar-refractivity contribution >= 4 is 21.9 Å². The van der Waals surface area contributed by atoms with Gasteiger partial charge in [0.2, 0.25) is 15.9 Å². The summed E-state index contributed by atoms with van der Waals surface area (Å²) in [4.78, 5) is 23.6. The molecule has 1 amide bonds. The lowest BCUT2D eigenvalue weighted by Crippen LogP contribution is -2.43. The zero-order valence-electron chi connectivity index (χ0n) is 13.2. The third-order valence-corrected chi connectivity index (χ3v) is 5.30. The molecule has 22 heavy (non-hydrogen) atoms. The van der Waals surface area contributed by atoms with Crippen LogP contribution in [0.1, 0.15) is 45.4 Å². The molecule has 0 spiro atoms. The number of sulfonamides is 1. The van der Waals surface area contributed by atoms with Crippen molar-refractivity contribution in [2.24, 2.45) is 5.92 Å². The highest BCUT2D eigenvalue weighted by Crippen LogP contribution is 2.23. The number of carboxylic acid groups (broad SMARTS) is 1. The van der Waals surface area contributed by atoms with Crippen LogP contribution in [-0.4, -0.2) is 55.7 Å². The molecule has 1 saturated carbocycles. The Morgan fingerprint density at radius 1 is 1.23 bits per heavy atom. The molecule has 0 aromatic carbocycles. The summed E-state index contributed by atoms with van der Waals surface area (Å²) in [6.07, 6.45) is 3.88. The van der Waals surface area contributed by atoms with E-state index in [1.807, 2.05) is 0 Å². The first-order valence-electron chi connectivity index (χ1n) is 7.65. The number of carboxylic acids is 1. The van der Waals surface area contributed by atoms with Crippen LogP contribution in [0.3, 0.4) is 0 Å². The van der Waals surface area contributed by atoms with Crippen LogP contribution < -0.4 is 4.72 Å². The Labute approximate surface area is 132 Å². The predicted molar refractivity (Wildman–Crippen MR) is 82.8 cm³/mol. The second-order valence-corrected chi connectivity index (χ2v) is 7.90. The molecular weight excluding hydrogens is 308 g/mol. The molecule has 0 bridgehead atoms. The molecule has 0 aliphatic heterocycles. The molecule has 0 radical (unpaired) electrons. The molecule has 2 N–H and O–H groups in total. The van der Waals surface area contributed by atoms with Gasteiger partial charge in [-0.1, -0.05) is 6.92 Å². The van der Waals surface area contributed by atoms with Crippen molar-refractivity contribution in [1.82, 2.24) is 9.62 Å². The molecule has 0 aromatic heterocycles. The quantitative estimate of drug-likeness (QED) is 0.683. The number of amides is 1. The fourth-order valence-electron chi connectivity index (χ4n) is 2.54. The molecular formula is C14H26N2O5S. The molecule has 0 aromatic rings. The van der Waals surface area contributed by atoms with E-state index in [4.69, 9.17) is 5.11 Å². The van der Waals surface area contributed by atoms with Crippen LogP contribution >= 0.6 is 0 Å². The van der Waals surface area contributed by atoms with Gasteiger partial charge in [0.15, 0.2) is 0 Å². The molecule has 1 fully saturated rings. The van der Waals surface area contributed by atoms with Gasteiger partial charge in [0.05, 0.1) is 0 Å². The zero-order chi connectivity index (χ0) is 16.8. The summed E-state index contributed by atoms with van der Waals surface area (Å²) >= 11 is 0. The van der Waals surface area contributed by atoms with Gasteiger partial charge in [0.25, 0.3) is 0 Å². The average Bonchev–Trinajstić information content (AvgIpc) is 2.40. The number of carbonyl (C=O) groups is 2.